The van der Waals surface area contributed by atoms with Gasteiger partial charge in [0.05, 0.1) is 18.8 Å². The topological polar surface area (TPSA) is 281 Å². The fourth-order valence-electron chi connectivity index (χ4n) is 4.89. The van der Waals surface area contributed by atoms with E-state index in [0.717, 1.165) is 0 Å². The van der Waals surface area contributed by atoms with E-state index >= 15 is 0 Å². The Morgan fingerprint density at radius 2 is 1.30 bits per heavy atom. The van der Waals surface area contributed by atoms with Gasteiger partial charge in [0.1, 0.15) is 30.2 Å². The molecule has 0 fully saturated rings. The second-order valence-corrected chi connectivity index (χ2v) is 12.9. The van der Waals surface area contributed by atoms with Crippen LogP contribution in [0.25, 0.3) is 0 Å². The summed E-state index contributed by atoms with van der Waals surface area (Å²) in [4.78, 5) is 96.7. The van der Waals surface area contributed by atoms with Crippen molar-refractivity contribution in [3.05, 3.63) is 54.1 Å². The molecule has 17 heteroatoms. The number of amides is 6. The van der Waals surface area contributed by atoms with Crippen molar-refractivity contribution >= 4 is 41.4 Å². The summed E-state index contributed by atoms with van der Waals surface area (Å²) in [5.41, 5.74) is 12.1. The Hall–Kier alpha value is -5.32. The molecule has 11 N–H and O–H groups in total. The molecule has 1 heterocycles. The maximum atomic E-state index is 13.8. The maximum Gasteiger partial charge on any atom is 0.326 e. The maximum absolute atomic E-state index is 13.8. The summed E-state index contributed by atoms with van der Waals surface area (Å²) in [6, 6.07) is 1.33. The molecule has 50 heavy (non-hydrogen) atoms. The first-order chi connectivity index (χ1) is 23.5. The largest absolute Gasteiger partial charge is 0.480 e. The van der Waals surface area contributed by atoms with E-state index in [4.69, 9.17) is 11.5 Å². The second-order valence-electron chi connectivity index (χ2n) is 12.9. The van der Waals surface area contributed by atoms with Gasteiger partial charge in [-0.2, -0.15) is 0 Å². The smallest absolute Gasteiger partial charge is 0.326 e. The van der Waals surface area contributed by atoms with Crippen LogP contribution in [0, 0.1) is 11.8 Å². The number of nitrogens with zero attached hydrogens (tertiary/aromatic N) is 1. The van der Waals surface area contributed by atoms with E-state index in [1.807, 2.05) is 13.8 Å². The summed E-state index contributed by atoms with van der Waals surface area (Å²) >= 11 is 0. The van der Waals surface area contributed by atoms with Crippen molar-refractivity contribution in [3.8, 4) is 0 Å². The minimum atomic E-state index is -1.43. The van der Waals surface area contributed by atoms with Crippen molar-refractivity contribution in [3.63, 3.8) is 0 Å². The number of aromatic nitrogens is 2. The van der Waals surface area contributed by atoms with Crippen LogP contribution in [0.15, 0.2) is 42.9 Å². The fraction of sp³-hybridized carbons (Fsp3) is 0.515. The van der Waals surface area contributed by atoms with Crippen molar-refractivity contribution in [1.29, 1.82) is 0 Å². The van der Waals surface area contributed by atoms with Crippen LogP contribution in [-0.2, 0) is 46.4 Å². The molecular weight excluding hydrogens is 650 g/mol. The molecule has 0 aliphatic rings. The molecule has 0 aliphatic carbocycles. The van der Waals surface area contributed by atoms with Crippen molar-refractivity contribution in [2.45, 2.75) is 96.6 Å². The zero-order chi connectivity index (χ0) is 37.5. The highest BCUT2D eigenvalue weighted by Crippen LogP contribution is 2.11. The highest BCUT2D eigenvalue weighted by atomic mass is 16.4. The number of aliphatic carboxylic acids is 1. The molecule has 0 aliphatic heterocycles. The monoisotopic (exact) mass is 699 g/mol. The number of carbonyl (C=O) groups is 7. The number of carboxylic acids is 1. The quantitative estimate of drug-likeness (QED) is 0.0782. The van der Waals surface area contributed by atoms with Gasteiger partial charge in [-0.25, -0.2) is 9.78 Å². The first-order valence-corrected chi connectivity index (χ1v) is 16.3. The Morgan fingerprint density at radius 1 is 0.740 bits per heavy atom. The summed E-state index contributed by atoms with van der Waals surface area (Å²) in [6.45, 7) is 8.38. The van der Waals surface area contributed by atoms with Crippen LogP contribution in [0.3, 0.4) is 0 Å². The third-order valence-electron chi connectivity index (χ3n) is 7.55. The lowest BCUT2D eigenvalue weighted by Crippen LogP contribution is -2.60. The summed E-state index contributed by atoms with van der Waals surface area (Å²) < 4.78 is 0. The third-order valence-corrected chi connectivity index (χ3v) is 7.55. The van der Waals surface area contributed by atoms with Gasteiger partial charge >= 0.3 is 5.97 Å². The standard InChI is InChI=1S/C33H49N9O8/c1-17(2)11-22(31(47)42-27(18(3)4)32(48)41-25(33(49)50)13-21-15-36-16-37-21)39-29(45)23(12-20-9-7-6-8-10-20)40-30(46)24(14-26(35)43)38-28(44)19(5)34/h6-10,15-19,22-25,27H,11-14,34H2,1-5H3,(H2,35,43)(H,36,37)(H,38,44)(H,39,45)(H,40,46)(H,41,48)(H,42,47)(H,49,50)/t19-,22-,23-,24-,25-,27-/m0/s1. The molecule has 6 amide bonds. The minimum absolute atomic E-state index is 0.0249. The number of imidazole rings is 1. The SMILES string of the molecule is CC(C)C[C@H](NC(=O)[C@H](Cc1ccccc1)NC(=O)[C@H](CC(N)=O)NC(=O)[C@H](C)N)C(=O)N[C@H](C(=O)N[C@@H](Cc1cnc[nH]1)C(=O)O)C(C)C. The van der Waals surface area contributed by atoms with Gasteiger partial charge in [0.2, 0.25) is 35.4 Å². The molecule has 0 saturated heterocycles. The molecule has 0 unspecified atom stereocenters. The average molecular weight is 700 g/mol. The Bertz CT molecular complexity index is 1460. The Balaban J connectivity index is 2.31. The van der Waals surface area contributed by atoms with Gasteiger partial charge in [-0.1, -0.05) is 58.0 Å². The molecule has 1 aromatic heterocycles. The Labute approximate surface area is 290 Å². The molecule has 0 saturated carbocycles. The van der Waals surface area contributed by atoms with Crippen LogP contribution in [0.1, 0.15) is 58.7 Å². The van der Waals surface area contributed by atoms with Gasteiger partial charge < -0.3 is 48.1 Å². The molecule has 6 atom stereocenters. The first kappa shape index (κ1) is 40.9. The number of aromatic amines is 1. The average Bonchev–Trinajstić information content (AvgIpc) is 3.55. The van der Waals surface area contributed by atoms with Crippen LogP contribution in [0.2, 0.25) is 0 Å². The summed E-state index contributed by atoms with van der Waals surface area (Å²) in [6.07, 6.45) is 2.29. The van der Waals surface area contributed by atoms with Gasteiger partial charge in [0, 0.05) is 24.7 Å². The van der Waals surface area contributed by atoms with Crippen LogP contribution in [0.5, 0.6) is 0 Å². The summed E-state index contributed by atoms with van der Waals surface area (Å²) in [5, 5.41) is 22.4. The van der Waals surface area contributed by atoms with Gasteiger partial charge in [-0.3, -0.25) is 28.8 Å². The first-order valence-electron chi connectivity index (χ1n) is 16.3. The lowest BCUT2D eigenvalue weighted by atomic mass is 9.98. The van der Waals surface area contributed by atoms with Gasteiger partial charge in [-0.15, -0.1) is 0 Å². The number of carboxylic acid groups (broad SMARTS) is 1. The number of primary amides is 1. The normalized spacial score (nSPS) is 14.7. The number of benzene rings is 1. The van der Waals surface area contributed by atoms with Crippen molar-refractivity contribution < 1.29 is 38.7 Å². The second kappa shape index (κ2) is 19.6. The lowest BCUT2D eigenvalue weighted by molar-refractivity contribution is -0.142. The number of hydrogen-bond donors (Lipinski definition) is 9. The predicted molar refractivity (Wildman–Crippen MR) is 181 cm³/mol. The Morgan fingerprint density at radius 3 is 1.82 bits per heavy atom. The molecular formula is C33H49N9O8. The van der Waals surface area contributed by atoms with E-state index in [9.17, 15) is 38.7 Å². The van der Waals surface area contributed by atoms with Crippen molar-refractivity contribution in [2.24, 2.45) is 23.3 Å². The number of nitrogens with two attached hydrogens (primary N) is 2. The molecule has 1 aromatic carbocycles. The van der Waals surface area contributed by atoms with Crippen molar-refractivity contribution in [1.82, 2.24) is 36.6 Å². The van der Waals surface area contributed by atoms with Crippen molar-refractivity contribution in [2.75, 3.05) is 0 Å². The number of nitrogens with one attached hydrogen (secondary N) is 6. The number of rotatable bonds is 20. The van der Waals surface area contributed by atoms with Crippen LogP contribution in [0.4, 0.5) is 0 Å². The highest BCUT2D eigenvalue weighted by molar-refractivity contribution is 5.97. The van der Waals surface area contributed by atoms with E-state index in [-0.39, 0.29) is 25.2 Å². The van der Waals surface area contributed by atoms with Gasteiger partial charge in [0.25, 0.3) is 0 Å². The van der Waals surface area contributed by atoms with Gasteiger partial charge in [-0.05, 0) is 30.7 Å². The number of H-pyrrole nitrogens is 1. The summed E-state index contributed by atoms with van der Waals surface area (Å²) in [5.74, 6) is -6.55. The zero-order valence-electron chi connectivity index (χ0n) is 28.9. The zero-order valence-corrected chi connectivity index (χ0v) is 28.9. The Kier molecular flexibility index (Phi) is 16.0. The van der Waals surface area contributed by atoms with E-state index in [0.29, 0.717) is 11.3 Å². The van der Waals surface area contributed by atoms with E-state index in [1.54, 1.807) is 44.2 Å². The molecule has 2 aromatic rings. The predicted octanol–water partition coefficient (Wildman–Crippen LogP) is -1.37. The van der Waals surface area contributed by atoms with Crippen LogP contribution in [-0.4, -0.2) is 92.7 Å². The van der Waals surface area contributed by atoms with E-state index in [2.05, 4.69) is 36.6 Å². The molecule has 0 bridgehead atoms. The number of hydrogen-bond acceptors (Lipinski definition) is 9. The van der Waals surface area contributed by atoms with Crippen LogP contribution >= 0.6 is 0 Å². The molecule has 274 valence electrons. The van der Waals surface area contributed by atoms with Crippen LogP contribution < -0.4 is 38.1 Å². The highest BCUT2D eigenvalue weighted by Gasteiger charge is 2.34. The fourth-order valence-corrected chi connectivity index (χ4v) is 4.89. The number of carbonyl (C=O) groups excluding carboxylic acids is 6. The summed E-state index contributed by atoms with van der Waals surface area (Å²) in [7, 11) is 0. The van der Waals surface area contributed by atoms with Gasteiger partial charge in [0.15, 0.2) is 0 Å². The lowest BCUT2D eigenvalue weighted by Gasteiger charge is -2.28. The molecule has 2 rings (SSSR count). The van der Waals surface area contributed by atoms with E-state index < -0.39 is 90.0 Å². The minimum Gasteiger partial charge on any atom is -0.480 e. The molecule has 0 spiro atoms. The third kappa shape index (κ3) is 13.7. The molecule has 17 nitrogen and oxygen atoms in total. The van der Waals surface area contributed by atoms with E-state index in [1.165, 1.54) is 19.4 Å². The molecule has 0 radical (unpaired) electrons.